The molecule has 0 fully saturated rings. The van der Waals surface area contributed by atoms with E-state index in [0.717, 1.165) is 19.3 Å². The van der Waals surface area contributed by atoms with E-state index in [-0.39, 0.29) is 42.1 Å². The van der Waals surface area contributed by atoms with Crippen LogP contribution in [0.15, 0.2) is 0 Å². The molecule has 0 aliphatic rings. The minimum Gasteiger partial charge on any atom is -0.550 e. The SMILES string of the molecule is CCCCCCCCCCC(CCP(=O)(O)O)C(=O)[O-].[Na+]. The summed E-state index contributed by atoms with van der Waals surface area (Å²) in [4.78, 5) is 28.4. The van der Waals surface area contributed by atoms with E-state index in [1.54, 1.807) is 0 Å². The monoisotopic (exact) mass is 330 g/mol. The Hall–Kier alpha value is 0.620. The third-order valence-corrected chi connectivity index (χ3v) is 4.35. The number of unbranched alkanes of at least 4 members (excludes halogenated alkanes) is 7. The number of hydrogen-bond donors (Lipinski definition) is 2. The molecule has 0 aromatic rings. The summed E-state index contributed by atoms with van der Waals surface area (Å²) in [6.07, 6.45) is 9.13. The van der Waals surface area contributed by atoms with Crippen molar-refractivity contribution in [2.45, 2.75) is 71.1 Å². The molecule has 0 radical (unpaired) electrons. The zero-order valence-electron chi connectivity index (χ0n) is 13.4. The minimum atomic E-state index is -4.11. The first-order chi connectivity index (χ1) is 9.37. The van der Waals surface area contributed by atoms with Crippen LogP contribution in [0.3, 0.4) is 0 Å². The van der Waals surface area contributed by atoms with E-state index >= 15 is 0 Å². The third kappa shape index (κ3) is 16.8. The van der Waals surface area contributed by atoms with Crippen LogP contribution < -0.4 is 34.7 Å². The summed E-state index contributed by atoms with van der Waals surface area (Å²) in [5, 5.41) is 10.9. The first-order valence-corrected chi connectivity index (χ1v) is 9.42. The van der Waals surface area contributed by atoms with Gasteiger partial charge in [-0.3, -0.25) is 4.57 Å². The van der Waals surface area contributed by atoms with Gasteiger partial charge in [0, 0.05) is 5.97 Å². The Balaban J connectivity index is 0. The van der Waals surface area contributed by atoms with Gasteiger partial charge < -0.3 is 19.7 Å². The fraction of sp³-hybridized carbons (Fsp3) is 0.929. The summed E-state index contributed by atoms with van der Waals surface area (Å²) in [6, 6.07) is 0. The fourth-order valence-electron chi connectivity index (χ4n) is 2.23. The van der Waals surface area contributed by atoms with Gasteiger partial charge in [0.2, 0.25) is 0 Å². The van der Waals surface area contributed by atoms with Crippen molar-refractivity contribution >= 4 is 13.6 Å². The Morgan fingerprint density at radius 3 is 1.90 bits per heavy atom. The molecule has 7 heteroatoms. The fourth-order valence-corrected chi connectivity index (χ4v) is 2.88. The molecule has 1 atom stereocenters. The zero-order chi connectivity index (χ0) is 15.4. The Kier molecular flexibility index (Phi) is 16.2. The molecular weight excluding hydrogens is 302 g/mol. The predicted octanol–water partition coefficient (Wildman–Crippen LogP) is -0.545. The van der Waals surface area contributed by atoms with Crippen LogP contribution in [0.2, 0.25) is 0 Å². The van der Waals surface area contributed by atoms with Gasteiger partial charge in [0.05, 0.1) is 6.16 Å². The van der Waals surface area contributed by atoms with Gasteiger partial charge in [-0.1, -0.05) is 58.3 Å². The maximum Gasteiger partial charge on any atom is 1.00 e. The number of aliphatic carboxylic acids is 1. The smallest absolute Gasteiger partial charge is 0.550 e. The van der Waals surface area contributed by atoms with Crippen molar-refractivity contribution in [1.82, 2.24) is 0 Å². The molecule has 0 aliphatic heterocycles. The molecule has 0 amide bonds. The van der Waals surface area contributed by atoms with Crippen molar-refractivity contribution in [3.05, 3.63) is 0 Å². The number of hydrogen-bond acceptors (Lipinski definition) is 3. The average Bonchev–Trinajstić information content (AvgIpc) is 2.34. The molecule has 0 rings (SSSR count). The van der Waals surface area contributed by atoms with Crippen LogP contribution in [-0.4, -0.2) is 21.9 Å². The second kappa shape index (κ2) is 14.2. The van der Waals surface area contributed by atoms with Gasteiger partial charge in [-0.05, 0) is 18.8 Å². The Labute approximate surface area is 150 Å². The van der Waals surface area contributed by atoms with E-state index in [2.05, 4.69) is 6.92 Å². The van der Waals surface area contributed by atoms with E-state index in [1.807, 2.05) is 0 Å². The van der Waals surface area contributed by atoms with Crippen molar-refractivity contribution in [2.24, 2.45) is 5.92 Å². The van der Waals surface area contributed by atoms with Gasteiger partial charge in [0.25, 0.3) is 0 Å². The molecule has 0 aliphatic carbocycles. The van der Waals surface area contributed by atoms with Crippen LogP contribution in [0.5, 0.6) is 0 Å². The maximum absolute atomic E-state index is 10.9. The van der Waals surface area contributed by atoms with Gasteiger partial charge in [0.15, 0.2) is 0 Å². The van der Waals surface area contributed by atoms with Crippen LogP contribution >= 0.6 is 7.60 Å². The summed E-state index contributed by atoms with van der Waals surface area (Å²) in [5.41, 5.74) is 0. The number of carboxylic acid groups (broad SMARTS) is 1. The maximum atomic E-state index is 10.9. The van der Waals surface area contributed by atoms with E-state index in [4.69, 9.17) is 9.79 Å². The summed E-state index contributed by atoms with van der Waals surface area (Å²) in [5.74, 6) is -1.93. The standard InChI is InChI=1S/C14H29O5P.Na/c1-2-3-4-5-6-7-8-9-10-13(14(15)16)11-12-20(17,18)19;/h13H,2-12H2,1H3,(H,15,16)(H2,17,18,19);/q;+1/p-1. The van der Waals surface area contributed by atoms with Gasteiger partial charge in [-0.2, -0.15) is 0 Å². The Bertz CT molecular complexity index is 306. The molecule has 120 valence electrons. The number of carboxylic acids is 1. The number of carbonyl (C=O) groups excluding carboxylic acids is 1. The molecule has 1 unspecified atom stereocenters. The predicted molar refractivity (Wildman–Crippen MR) is 77.3 cm³/mol. The number of carbonyl (C=O) groups is 1. The van der Waals surface area contributed by atoms with Crippen LogP contribution in [0.4, 0.5) is 0 Å². The molecule has 0 aromatic heterocycles. The van der Waals surface area contributed by atoms with Gasteiger partial charge in [-0.15, -0.1) is 0 Å². The summed E-state index contributed by atoms with van der Waals surface area (Å²) < 4.78 is 10.7. The summed E-state index contributed by atoms with van der Waals surface area (Å²) >= 11 is 0. The van der Waals surface area contributed by atoms with Crippen LogP contribution in [-0.2, 0) is 9.36 Å². The van der Waals surface area contributed by atoms with Gasteiger partial charge in [0.1, 0.15) is 0 Å². The third-order valence-electron chi connectivity index (χ3n) is 3.51. The largest absolute Gasteiger partial charge is 1.00 e. The molecule has 2 N–H and O–H groups in total. The van der Waals surface area contributed by atoms with E-state index in [1.165, 1.54) is 32.1 Å². The molecule has 0 aromatic carbocycles. The Morgan fingerprint density at radius 2 is 1.48 bits per heavy atom. The van der Waals surface area contributed by atoms with E-state index < -0.39 is 19.5 Å². The average molecular weight is 330 g/mol. The minimum absolute atomic E-state index is 0. The topological polar surface area (TPSA) is 97.7 Å². The molecule has 0 bridgehead atoms. The van der Waals surface area contributed by atoms with E-state index in [9.17, 15) is 14.5 Å². The second-order valence-corrected chi connectivity index (χ2v) is 7.23. The van der Waals surface area contributed by atoms with Crippen LogP contribution in [0, 0.1) is 5.92 Å². The van der Waals surface area contributed by atoms with Crippen LogP contribution in [0.1, 0.15) is 71.1 Å². The zero-order valence-corrected chi connectivity index (χ0v) is 16.3. The molecular formula is C14H28NaO5P. The Morgan fingerprint density at radius 1 is 1.00 bits per heavy atom. The molecule has 0 spiro atoms. The first-order valence-electron chi connectivity index (χ1n) is 7.62. The van der Waals surface area contributed by atoms with Crippen LogP contribution in [0.25, 0.3) is 0 Å². The first kappa shape index (κ1) is 23.9. The van der Waals surface area contributed by atoms with Gasteiger partial charge >= 0.3 is 37.2 Å². The molecule has 0 saturated carbocycles. The van der Waals surface area contributed by atoms with E-state index in [0.29, 0.717) is 6.42 Å². The second-order valence-electron chi connectivity index (χ2n) is 5.46. The summed E-state index contributed by atoms with van der Waals surface area (Å²) in [7, 11) is -4.11. The molecule has 5 nitrogen and oxygen atoms in total. The van der Waals surface area contributed by atoms with Crippen molar-refractivity contribution < 1.29 is 53.8 Å². The van der Waals surface area contributed by atoms with Crippen molar-refractivity contribution in [3.8, 4) is 0 Å². The molecule has 0 heterocycles. The number of rotatable bonds is 13. The van der Waals surface area contributed by atoms with Crippen molar-refractivity contribution in [1.29, 1.82) is 0 Å². The summed E-state index contributed by atoms with van der Waals surface area (Å²) in [6.45, 7) is 2.18. The molecule has 0 saturated heterocycles. The normalized spacial score (nSPS) is 12.7. The van der Waals surface area contributed by atoms with Crippen molar-refractivity contribution in [3.63, 3.8) is 0 Å². The van der Waals surface area contributed by atoms with Gasteiger partial charge in [-0.25, -0.2) is 0 Å². The van der Waals surface area contributed by atoms with Crippen molar-refractivity contribution in [2.75, 3.05) is 6.16 Å². The quantitative estimate of drug-likeness (QED) is 0.268. The molecule has 21 heavy (non-hydrogen) atoms.